The SMILES string of the molecule is CNC[C@@H](O)CCN1Cc2ccccc2N(c2ccccc2F)S1(=O)=O. The third-order valence-corrected chi connectivity index (χ3v) is 6.16. The summed E-state index contributed by atoms with van der Waals surface area (Å²) in [5.41, 5.74) is 1.22. The fourth-order valence-corrected chi connectivity index (χ4v) is 4.74. The van der Waals surface area contributed by atoms with Gasteiger partial charge in [-0.1, -0.05) is 30.3 Å². The van der Waals surface area contributed by atoms with Crippen molar-refractivity contribution < 1.29 is 17.9 Å². The van der Waals surface area contributed by atoms with Crippen LogP contribution < -0.4 is 9.62 Å². The molecule has 0 aliphatic carbocycles. The lowest BCUT2D eigenvalue weighted by atomic mass is 10.1. The summed E-state index contributed by atoms with van der Waals surface area (Å²) in [5, 5.41) is 12.8. The standard InChI is InChI=1S/C18H22FN3O3S/c1-20-12-15(23)10-11-21-13-14-6-2-4-8-17(14)22(26(21,24)25)18-9-5-3-7-16(18)19/h2-9,15,20,23H,10-13H2,1H3/t15-/m0/s1. The first-order chi connectivity index (χ1) is 12.4. The quantitative estimate of drug-likeness (QED) is 0.805. The van der Waals surface area contributed by atoms with Gasteiger partial charge in [-0.05, 0) is 37.2 Å². The first kappa shape index (κ1) is 18.8. The zero-order chi connectivity index (χ0) is 18.7. The van der Waals surface area contributed by atoms with Crippen LogP contribution >= 0.6 is 0 Å². The number of benzene rings is 2. The normalized spacial score (nSPS) is 17.7. The van der Waals surface area contributed by atoms with Crippen LogP contribution in [-0.4, -0.2) is 44.1 Å². The molecule has 0 spiro atoms. The minimum atomic E-state index is -3.97. The number of halogens is 1. The number of anilines is 2. The summed E-state index contributed by atoms with van der Waals surface area (Å²) in [7, 11) is -2.25. The van der Waals surface area contributed by atoms with Crippen LogP contribution in [0.5, 0.6) is 0 Å². The van der Waals surface area contributed by atoms with E-state index in [4.69, 9.17) is 0 Å². The smallest absolute Gasteiger partial charge is 0.308 e. The molecule has 0 saturated carbocycles. The van der Waals surface area contributed by atoms with Crippen molar-refractivity contribution in [1.82, 2.24) is 9.62 Å². The molecule has 8 heteroatoms. The Balaban J connectivity index is 2.01. The maximum absolute atomic E-state index is 14.4. The Morgan fingerprint density at radius 3 is 2.50 bits per heavy atom. The average Bonchev–Trinajstić information content (AvgIpc) is 2.61. The van der Waals surface area contributed by atoms with Gasteiger partial charge in [0, 0.05) is 19.6 Å². The van der Waals surface area contributed by atoms with E-state index in [2.05, 4.69) is 5.32 Å². The lowest BCUT2D eigenvalue weighted by Gasteiger charge is -2.37. The second kappa shape index (κ2) is 7.71. The van der Waals surface area contributed by atoms with E-state index in [1.807, 2.05) is 12.1 Å². The Kier molecular flexibility index (Phi) is 5.57. The van der Waals surface area contributed by atoms with Gasteiger partial charge in [-0.15, -0.1) is 0 Å². The fourth-order valence-electron chi connectivity index (χ4n) is 3.05. The van der Waals surface area contributed by atoms with Crippen LogP contribution in [-0.2, 0) is 16.8 Å². The minimum Gasteiger partial charge on any atom is -0.392 e. The van der Waals surface area contributed by atoms with Crippen LogP contribution in [0.15, 0.2) is 48.5 Å². The van der Waals surface area contributed by atoms with Crippen LogP contribution in [0, 0.1) is 5.82 Å². The van der Waals surface area contributed by atoms with Crippen LogP contribution in [0.2, 0.25) is 0 Å². The molecular weight excluding hydrogens is 357 g/mol. The number of fused-ring (bicyclic) bond motifs is 1. The van der Waals surface area contributed by atoms with Gasteiger partial charge in [-0.2, -0.15) is 12.7 Å². The molecule has 140 valence electrons. The number of rotatable bonds is 6. The molecule has 0 amide bonds. The summed E-state index contributed by atoms with van der Waals surface area (Å²) in [6, 6.07) is 12.9. The van der Waals surface area contributed by atoms with Crippen LogP contribution in [0.4, 0.5) is 15.8 Å². The highest BCUT2D eigenvalue weighted by Crippen LogP contribution is 2.39. The largest absolute Gasteiger partial charge is 0.392 e. The highest BCUT2D eigenvalue weighted by molar-refractivity contribution is 7.90. The van der Waals surface area contributed by atoms with Gasteiger partial charge in [0.15, 0.2) is 0 Å². The topological polar surface area (TPSA) is 72.9 Å². The van der Waals surface area contributed by atoms with Gasteiger partial charge in [0.25, 0.3) is 0 Å². The molecule has 0 radical (unpaired) electrons. The van der Waals surface area contributed by atoms with Crippen molar-refractivity contribution >= 4 is 21.6 Å². The molecule has 3 rings (SSSR count). The summed E-state index contributed by atoms with van der Waals surface area (Å²) < 4.78 is 43.1. The molecule has 0 unspecified atom stereocenters. The molecule has 1 atom stereocenters. The summed E-state index contributed by atoms with van der Waals surface area (Å²) in [6.07, 6.45) is -0.373. The van der Waals surface area contributed by atoms with Crippen LogP contribution in [0.1, 0.15) is 12.0 Å². The van der Waals surface area contributed by atoms with Gasteiger partial charge in [0.2, 0.25) is 0 Å². The number of nitrogens with one attached hydrogen (secondary N) is 1. The number of para-hydroxylation sites is 2. The lowest BCUT2D eigenvalue weighted by Crippen LogP contribution is -2.46. The van der Waals surface area contributed by atoms with E-state index in [0.29, 0.717) is 12.2 Å². The molecule has 1 aliphatic rings. The van der Waals surface area contributed by atoms with Crippen molar-refractivity contribution in [2.24, 2.45) is 0 Å². The average molecular weight is 379 g/mol. The van der Waals surface area contributed by atoms with Crippen molar-refractivity contribution in [3.63, 3.8) is 0 Å². The van der Waals surface area contributed by atoms with Crippen molar-refractivity contribution in [3.05, 3.63) is 59.9 Å². The van der Waals surface area contributed by atoms with Crippen LogP contribution in [0.25, 0.3) is 0 Å². The number of nitrogens with zero attached hydrogens (tertiary/aromatic N) is 2. The Morgan fingerprint density at radius 1 is 1.15 bits per heavy atom. The highest BCUT2D eigenvalue weighted by atomic mass is 32.2. The van der Waals surface area contributed by atoms with Gasteiger partial charge in [-0.25, -0.2) is 8.70 Å². The zero-order valence-electron chi connectivity index (χ0n) is 14.5. The van der Waals surface area contributed by atoms with Crippen molar-refractivity contribution in [2.45, 2.75) is 19.1 Å². The maximum Gasteiger partial charge on any atom is 0.308 e. The summed E-state index contributed by atoms with van der Waals surface area (Å²) in [4.78, 5) is 0. The van der Waals surface area contributed by atoms with E-state index in [1.54, 1.807) is 25.2 Å². The van der Waals surface area contributed by atoms with Gasteiger partial charge < -0.3 is 10.4 Å². The molecule has 1 heterocycles. The van der Waals surface area contributed by atoms with Gasteiger partial charge >= 0.3 is 10.2 Å². The van der Waals surface area contributed by atoms with E-state index in [-0.39, 0.29) is 25.2 Å². The van der Waals surface area contributed by atoms with Gasteiger partial charge in [0.05, 0.1) is 17.5 Å². The molecule has 0 fully saturated rings. The Hall–Kier alpha value is -2.00. The van der Waals surface area contributed by atoms with E-state index in [0.717, 1.165) is 9.87 Å². The summed E-state index contributed by atoms with van der Waals surface area (Å²) in [5.74, 6) is -0.608. The predicted molar refractivity (Wildman–Crippen MR) is 98.9 cm³/mol. The molecule has 1 aliphatic heterocycles. The number of hydrogen-bond donors (Lipinski definition) is 2. The second-order valence-corrected chi connectivity index (χ2v) is 7.96. The van der Waals surface area contributed by atoms with Gasteiger partial charge in [-0.3, -0.25) is 0 Å². The Labute approximate surface area is 153 Å². The monoisotopic (exact) mass is 379 g/mol. The van der Waals surface area contributed by atoms with Crippen molar-refractivity contribution in [3.8, 4) is 0 Å². The number of hydrogen-bond acceptors (Lipinski definition) is 4. The molecular formula is C18H22FN3O3S. The summed E-state index contributed by atoms with van der Waals surface area (Å²) in [6.45, 7) is 0.710. The number of aliphatic hydroxyl groups excluding tert-OH is 1. The summed E-state index contributed by atoms with van der Waals surface area (Å²) >= 11 is 0. The van der Waals surface area contributed by atoms with Crippen molar-refractivity contribution in [2.75, 3.05) is 24.4 Å². The fraction of sp³-hybridized carbons (Fsp3) is 0.333. The van der Waals surface area contributed by atoms with Crippen molar-refractivity contribution in [1.29, 1.82) is 0 Å². The highest BCUT2D eigenvalue weighted by Gasteiger charge is 2.38. The van der Waals surface area contributed by atoms with E-state index in [1.165, 1.54) is 22.5 Å². The van der Waals surface area contributed by atoms with E-state index in [9.17, 15) is 17.9 Å². The molecule has 2 N–H and O–H groups in total. The predicted octanol–water partition coefficient (Wildman–Crippen LogP) is 1.99. The third kappa shape index (κ3) is 3.59. The molecule has 2 aromatic carbocycles. The van der Waals surface area contributed by atoms with E-state index >= 15 is 0 Å². The lowest BCUT2D eigenvalue weighted by molar-refractivity contribution is 0.154. The van der Waals surface area contributed by atoms with Crippen LogP contribution in [0.3, 0.4) is 0 Å². The zero-order valence-corrected chi connectivity index (χ0v) is 15.3. The molecule has 0 bridgehead atoms. The Bertz CT molecular complexity index is 875. The first-order valence-electron chi connectivity index (χ1n) is 8.40. The van der Waals surface area contributed by atoms with E-state index < -0.39 is 22.1 Å². The second-order valence-electron chi connectivity index (χ2n) is 6.19. The number of likely N-dealkylation sites (N-methyl/N-ethyl adjacent to an activating group) is 1. The minimum absolute atomic E-state index is 0.0135. The third-order valence-electron chi connectivity index (χ3n) is 4.34. The molecule has 26 heavy (non-hydrogen) atoms. The van der Waals surface area contributed by atoms with Gasteiger partial charge in [0.1, 0.15) is 5.82 Å². The molecule has 6 nitrogen and oxygen atoms in total. The maximum atomic E-state index is 14.4. The molecule has 0 saturated heterocycles. The molecule has 0 aromatic heterocycles. The Morgan fingerprint density at radius 2 is 1.81 bits per heavy atom. The number of aliphatic hydroxyl groups is 1. The first-order valence-corrected chi connectivity index (χ1v) is 9.80. The molecule has 2 aromatic rings.